The van der Waals surface area contributed by atoms with Crippen molar-refractivity contribution in [3.8, 4) is 0 Å². The van der Waals surface area contributed by atoms with Crippen LogP contribution in [0.1, 0.15) is 5.56 Å². The monoisotopic (exact) mass is 227 g/mol. The molecule has 4 nitrogen and oxygen atoms in total. The Hall–Kier alpha value is -1.55. The summed E-state index contributed by atoms with van der Waals surface area (Å²) in [6, 6.07) is 7.01. The molecule has 15 heavy (non-hydrogen) atoms. The fourth-order valence-corrected chi connectivity index (χ4v) is 1.29. The molecule has 0 heterocycles. The fourth-order valence-electron chi connectivity index (χ4n) is 1.09. The second-order valence-electron chi connectivity index (χ2n) is 2.81. The van der Waals surface area contributed by atoms with Crippen molar-refractivity contribution in [2.45, 2.75) is 6.42 Å². The van der Waals surface area contributed by atoms with Crippen molar-refractivity contribution >= 4 is 23.3 Å². The summed E-state index contributed by atoms with van der Waals surface area (Å²) >= 11 is 5.88. The highest BCUT2D eigenvalue weighted by Crippen LogP contribution is 2.15. The van der Waals surface area contributed by atoms with Crippen molar-refractivity contribution in [1.82, 2.24) is 0 Å². The Morgan fingerprint density at radius 2 is 2.20 bits per heavy atom. The lowest BCUT2D eigenvalue weighted by Crippen LogP contribution is -2.18. The minimum absolute atomic E-state index is 0.0781. The summed E-state index contributed by atoms with van der Waals surface area (Å²) in [5, 5.41) is 12.0. The van der Waals surface area contributed by atoms with E-state index >= 15 is 0 Å². The second kappa shape index (κ2) is 5.36. The van der Waals surface area contributed by atoms with E-state index in [1.807, 2.05) is 0 Å². The summed E-state index contributed by atoms with van der Waals surface area (Å²) in [5.41, 5.74) is 0.628. The third-order valence-corrected chi connectivity index (χ3v) is 2.23. The molecule has 1 aromatic rings. The molecule has 0 aliphatic rings. The highest BCUT2D eigenvalue weighted by atomic mass is 35.5. The Labute approximate surface area is 92.1 Å². The molecule has 0 saturated heterocycles. The molecule has 0 unspecified atom stereocenters. The van der Waals surface area contributed by atoms with Crippen LogP contribution in [0.4, 0.5) is 0 Å². The van der Waals surface area contributed by atoms with Crippen LogP contribution < -0.4 is 0 Å². The zero-order chi connectivity index (χ0) is 11.3. The zero-order valence-corrected chi connectivity index (χ0v) is 8.86. The van der Waals surface area contributed by atoms with Crippen LogP contribution in [-0.4, -0.2) is 24.0 Å². The number of esters is 1. The molecule has 1 aromatic carbocycles. The minimum Gasteiger partial charge on any atom is -0.464 e. The van der Waals surface area contributed by atoms with Gasteiger partial charge < -0.3 is 9.94 Å². The first kappa shape index (κ1) is 11.5. The summed E-state index contributed by atoms with van der Waals surface area (Å²) in [6.45, 7) is 0. The molecule has 0 aliphatic heterocycles. The van der Waals surface area contributed by atoms with Gasteiger partial charge in [-0.05, 0) is 11.6 Å². The maximum absolute atomic E-state index is 11.1. The number of nitrogens with zero attached hydrogens (tertiary/aromatic N) is 1. The van der Waals surface area contributed by atoms with Crippen molar-refractivity contribution in [3.05, 3.63) is 34.9 Å². The molecule has 1 rings (SSSR count). The van der Waals surface area contributed by atoms with Crippen molar-refractivity contribution in [1.29, 1.82) is 0 Å². The average molecular weight is 228 g/mol. The lowest BCUT2D eigenvalue weighted by molar-refractivity contribution is -0.132. The Kier molecular flexibility index (Phi) is 4.12. The number of oxime groups is 1. The SMILES string of the molecule is COC(=O)/C(Cc1ccccc1Cl)=N\O. The maximum Gasteiger partial charge on any atom is 0.356 e. The van der Waals surface area contributed by atoms with Crippen LogP contribution in [0.2, 0.25) is 5.02 Å². The van der Waals surface area contributed by atoms with Crippen LogP contribution in [0.5, 0.6) is 0 Å². The van der Waals surface area contributed by atoms with Gasteiger partial charge >= 0.3 is 5.97 Å². The first-order valence-corrected chi connectivity index (χ1v) is 4.59. The van der Waals surface area contributed by atoms with Crippen LogP contribution in [-0.2, 0) is 16.0 Å². The van der Waals surface area contributed by atoms with E-state index in [9.17, 15) is 4.79 Å². The summed E-state index contributed by atoms with van der Waals surface area (Å²) in [6.07, 6.45) is 0.142. The molecule has 0 aliphatic carbocycles. The van der Waals surface area contributed by atoms with Gasteiger partial charge in [0, 0.05) is 11.4 Å². The third kappa shape index (κ3) is 2.95. The molecule has 0 radical (unpaired) electrons. The highest BCUT2D eigenvalue weighted by Gasteiger charge is 2.14. The van der Waals surface area contributed by atoms with Gasteiger partial charge in [-0.15, -0.1) is 0 Å². The lowest BCUT2D eigenvalue weighted by Gasteiger charge is -2.04. The van der Waals surface area contributed by atoms with Gasteiger partial charge in [-0.1, -0.05) is 35.0 Å². The summed E-state index contributed by atoms with van der Waals surface area (Å²) < 4.78 is 4.44. The minimum atomic E-state index is -0.669. The molecule has 0 bridgehead atoms. The summed E-state index contributed by atoms with van der Waals surface area (Å²) in [7, 11) is 1.22. The zero-order valence-electron chi connectivity index (χ0n) is 8.11. The lowest BCUT2D eigenvalue weighted by atomic mass is 10.1. The van der Waals surface area contributed by atoms with E-state index in [4.69, 9.17) is 16.8 Å². The highest BCUT2D eigenvalue weighted by molar-refractivity contribution is 6.37. The number of methoxy groups -OCH3 is 1. The van der Waals surface area contributed by atoms with Gasteiger partial charge in [0.05, 0.1) is 7.11 Å². The Balaban J connectivity index is 2.86. The molecule has 0 saturated carbocycles. The molecular formula is C10H10ClNO3. The van der Waals surface area contributed by atoms with Gasteiger partial charge in [-0.2, -0.15) is 0 Å². The molecule has 0 spiro atoms. The van der Waals surface area contributed by atoms with Crippen LogP contribution in [0.15, 0.2) is 29.4 Å². The van der Waals surface area contributed by atoms with Crippen molar-refractivity contribution in [2.24, 2.45) is 5.16 Å². The Morgan fingerprint density at radius 3 is 2.73 bits per heavy atom. The number of benzene rings is 1. The summed E-state index contributed by atoms with van der Waals surface area (Å²) in [5.74, 6) is -0.669. The largest absolute Gasteiger partial charge is 0.464 e. The molecule has 0 aromatic heterocycles. The Morgan fingerprint density at radius 1 is 1.53 bits per heavy atom. The van der Waals surface area contributed by atoms with Gasteiger partial charge in [0.25, 0.3) is 0 Å². The fraction of sp³-hybridized carbons (Fsp3) is 0.200. The van der Waals surface area contributed by atoms with E-state index < -0.39 is 5.97 Å². The van der Waals surface area contributed by atoms with Gasteiger partial charge in [0.15, 0.2) is 5.71 Å². The normalized spacial score (nSPS) is 11.2. The number of carbonyl (C=O) groups excluding carboxylic acids is 1. The van der Waals surface area contributed by atoms with Gasteiger partial charge in [0.1, 0.15) is 0 Å². The average Bonchev–Trinajstić information content (AvgIpc) is 2.27. The quantitative estimate of drug-likeness (QED) is 0.371. The van der Waals surface area contributed by atoms with Crippen LogP contribution in [0.3, 0.4) is 0 Å². The third-order valence-electron chi connectivity index (χ3n) is 1.86. The topological polar surface area (TPSA) is 58.9 Å². The number of carbonyl (C=O) groups is 1. The molecule has 0 atom stereocenters. The maximum atomic E-state index is 11.1. The van der Waals surface area contributed by atoms with Crippen LogP contribution in [0, 0.1) is 0 Å². The molecular weight excluding hydrogens is 218 g/mol. The van der Waals surface area contributed by atoms with E-state index in [1.54, 1.807) is 24.3 Å². The number of hydrogen-bond donors (Lipinski definition) is 1. The van der Waals surface area contributed by atoms with Crippen molar-refractivity contribution in [3.63, 3.8) is 0 Å². The predicted molar refractivity (Wildman–Crippen MR) is 56.4 cm³/mol. The Bertz CT molecular complexity index is 390. The smallest absolute Gasteiger partial charge is 0.356 e. The van der Waals surface area contributed by atoms with Crippen LogP contribution >= 0.6 is 11.6 Å². The predicted octanol–water partition coefficient (Wildman–Crippen LogP) is 1.89. The van der Waals surface area contributed by atoms with Crippen molar-refractivity contribution < 1.29 is 14.7 Å². The van der Waals surface area contributed by atoms with Gasteiger partial charge in [-0.25, -0.2) is 4.79 Å². The van der Waals surface area contributed by atoms with E-state index in [1.165, 1.54) is 7.11 Å². The number of ether oxygens (including phenoxy) is 1. The molecule has 1 N–H and O–H groups in total. The molecule has 0 amide bonds. The van der Waals surface area contributed by atoms with E-state index in [2.05, 4.69) is 9.89 Å². The standard InChI is InChI=1S/C10H10ClNO3/c1-15-10(13)9(12-14)6-7-4-2-3-5-8(7)11/h2-5,14H,6H2,1H3/b12-9-. The molecule has 0 fully saturated rings. The van der Waals surface area contributed by atoms with E-state index in [0.717, 1.165) is 0 Å². The van der Waals surface area contributed by atoms with Gasteiger partial charge in [0.2, 0.25) is 0 Å². The number of hydrogen-bond acceptors (Lipinski definition) is 4. The first-order chi connectivity index (χ1) is 7.19. The van der Waals surface area contributed by atoms with E-state index in [-0.39, 0.29) is 12.1 Å². The van der Waals surface area contributed by atoms with E-state index in [0.29, 0.717) is 10.6 Å². The molecule has 5 heteroatoms. The number of rotatable bonds is 3. The first-order valence-electron chi connectivity index (χ1n) is 4.21. The van der Waals surface area contributed by atoms with Crippen LogP contribution in [0.25, 0.3) is 0 Å². The second-order valence-corrected chi connectivity index (χ2v) is 3.21. The molecule has 80 valence electrons. The van der Waals surface area contributed by atoms with Crippen molar-refractivity contribution in [2.75, 3.05) is 7.11 Å². The van der Waals surface area contributed by atoms with Gasteiger partial charge in [-0.3, -0.25) is 0 Å². The summed E-state index contributed by atoms with van der Waals surface area (Å²) in [4.78, 5) is 11.1. The number of halogens is 1.